The maximum atomic E-state index is 14.0. The average Bonchev–Trinajstić information content (AvgIpc) is 1.45. The molecule has 35 heteroatoms. The van der Waals surface area contributed by atoms with Crippen molar-refractivity contribution in [2.75, 3.05) is 101 Å². The van der Waals surface area contributed by atoms with E-state index in [0.717, 1.165) is 0 Å². The van der Waals surface area contributed by atoms with E-state index >= 15 is 0 Å². The van der Waals surface area contributed by atoms with Gasteiger partial charge in [-0.1, -0.05) is 121 Å². The Morgan fingerprint density at radius 2 is 0.531 bits per heavy atom. The third kappa shape index (κ3) is 14.2. The quantitative estimate of drug-likeness (QED) is 0.107. The zero-order valence-electron chi connectivity index (χ0n) is 137. The van der Waals surface area contributed by atoms with Crippen molar-refractivity contribution in [2.45, 2.75) is 92.3 Å². The summed E-state index contributed by atoms with van der Waals surface area (Å²) >= 11 is 0. The van der Waals surface area contributed by atoms with Gasteiger partial charge in [0.2, 0.25) is 92.9 Å². The fourth-order valence-electron chi connectivity index (χ4n) is 18.8. The lowest BCUT2D eigenvalue weighted by Gasteiger charge is -2.46. The van der Waals surface area contributed by atoms with E-state index in [1.54, 1.807) is 42.5 Å². The fraction of sp³-hybridized carbons (Fsp3) is 0.273. The van der Waals surface area contributed by atoms with E-state index < -0.39 is 480 Å². The molecule has 30 rings (SSSR count). The van der Waals surface area contributed by atoms with Crippen molar-refractivity contribution in [3.63, 3.8) is 0 Å². The summed E-state index contributed by atoms with van der Waals surface area (Å²) in [7, 11) is 0. The lowest BCUT2D eigenvalue weighted by atomic mass is 9.86. The number of likely N-dealkylation sites (N-methyl/N-ethyl adjacent to an activating group) is 5. The van der Waals surface area contributed by atoms with Crippen LogP contribution in [-0.4, -0.2) is 264 Å². The van der Waals surface area contributed by atoms with E-state index in [4.69, 9.17) is 136 Å². The molecule has 15 aliphatic rings. The second-order valence-electron chi connectivity index (χ2n) is 32.8. The minimum absolute atomic E-state index is 0.0258. The van der Waals surface area contributed by atoms with E-state index in [9.17, 15) is 47.9 Å². The van der Waals surface area contributed by atoms with E-state index in [2.05, 4.69) is 24.9 Å². The molecule has 5 unspecified atom stereocenters. The molecule has 15 aliphatic heterocycles. The maximum absolute atomic E-state index is 14.0. The summed E-state index contributed by atoms with van der Waals surface area (Å²) in [5.74, 6) is -20.0. The topological polar surface area (TPSA) is 374 Å². The van der Waals surface area contributed by atoms with Gasteiger partial charge in [0.25, 0.3) is 0 Å². The number of hydrogen-bond acceptors (Lipinski definition) is 20. The third-order valence-electron chi connectivity index (χ3n) is 25.0. The largest absolute Gasteiger partial charge is 0.454 e. The lowest BCUT2D eigenvalue weighted by molar-refractivity contribution is -0.157. The smallest absolute Gasteiger partial charge is 0.245 e. The number of aromatic nitrogens is 5. The highest BCUT2D eigenvalue weighted by molar-refractivity contribution is 6.03. The molecule has 35 nitrogen and oxygen atoms in total. The number of nitrogens with one attached hydrogen (secondary N) is 5. The first kappa shape index (κ1) is 43.2. The second-order valence-corrected chi connectivity index (χ2v) is 32.8. The Labute approximate surface area is 918 Å². The molecular formula is C110H95N15O20. The van der Waals surface area contributed by atoms with Crippen LogP contribution in [-0.2, 0) is 79.8 Å². The predicted octanol–water partition coefficient (Wildman–Crippen LogP) is 11.1. The molecule has 10 aromatic carbocycles. The number of H-pyrrole nitrogens is 5. The van der Waals surface area contributed by atoms with Gasteiger partial charge in [-0.05, 0) is 146 Å². The molecule has 0 radical (unpaired) electrons. The Hall–Kier alpha value is -17.4. The highest BCUT2D eigenvalue weighted by Crippen LogP contribution is 2.53. The molecule has 5 aromatic heterocycles. The number of hydrogen-bond donors (Lipinski definition) is 5. The van der Waals surface area contributed by atoms with Crippen molar-refractivity contribution in [3.05, 3.63) is 296 Å². The summed E-state index contributed by atoms with van der Waals surface area (Å²) in [5, 5.41) is -0.720. The van der Waals surface area contributed by atoms with Gasteiger partial charge in [-0.2, -0.15) is 0 Å². The van der Waals surface area contributed by atoms with Crippen LogP contribution in [0.1, 0.15) is 203 Å². The number of rotatable bonds is 5. The van der Waals surface area contributed by atoms with Crippen LogP contribution in [0.25, 0.3) is 54.5 Å². The molecule has 5 fully saturated rings. The van der Waals surface area contributed by atoms with E-state index in [1.807, 2.05) is 0 Å². The monoisotopic (exact) mass is 2010 g/mol. The molecule has 20 heterocycles. The molecule has 0 saturated carbocycles. The Morgan fingerprint density at radius 1 is 0.269 bits per heavy atom. The van der Waals surface area contributed by atoms with Gasteiger partial charge in [-0.3, -0.25) is 47.9 Å². The molecule has 5 N–H and O–H groups in total. The molecule has 145 heavy (non-hydrogen) atoms. The summed E-state index contributed by atoms with van der Waals surface area (Å²) in [6.45, 7) is -44.2. The highest BCUT2D eigenvalue weighted by atomic mass is 16.7. The Kier molecular flexibility index (Phi) is 10.1. The first-order chi connectivity index (χ1) is 96.4. The van der Waals surface area contributed by atoms with Crippen LogP contribution in [0.4, 0.5) is 0 Å². The van der Waals surface area contributed by atoms with Gasteiger partial charge in [0, 0.05) is 184 Å². The van der Waals surface area contributed by atoms with Gasteiger partial charge in [-0.25, -0.2) is 0 Å². The number of piperazine rings is 5. The van der Waals surface area contributed by atoms with Crippen LogP contribution in [0.15, 0.2) is 212 Å². The number of aromatic amines is 5. The number of fused-ring (bicyclic) bond motifs is 25. The number of benzene rings is 10. The van der Waals surface area contributed by atoms with Gasteiger partial charge in [0.1, 0.15) is 38.4 Å². The minimum atomic E-state index is -3.65. The number of para-hydroxylation sites is 5. The number of carbonyl (C=O) groups is 10. The van der Waals surface area contributed by atoms with Gasteiger partial charge in [0.15, 0.2) is 57.5 Å². The normalized spacial score (nSPS) is 34.2. The van der Waals surface area contributed by atoms with Crippen LogP contribution in [0.3, 0.4) is 0 Å². The van der Waals surface area contributed by atoms with Crippen molar-refractivity contribution in [3.8, 4) is 57.5 Å². The number of amides is 10. The van der Waals surface area contributed by atoms with E-state index in [1.165, 1.54) is 24.3 Å². The summed E-state index contributed by atoms with van der Waals surface area (Å²) in [6, 6.07) is -21.2. The first-order valence-electron chi connectivity index (χ1n) is 75.2. The van der Waals surface area contributed by atoms with Crippen molar-refractivity contribution >= 4 is 114 Å². The Balaban J connectivity index is 0.000000122. The summed E-state index contributed by atoms with van der Waals surface area (Å²) in [5.41, 5.74) is -5.77. The lowest BCUT2D eigenvalue weighted by Crippen LogP contribution is -2.62. The number of ether oxygens (including phenoxy) is 10. The van der Waals surface area contributed by atoms with E-state index in [-0.39, 0.29) is 122 Å². The highest BCUT2D eigenvalue weighted by Gasteiger charge is 2.55. The zero-order valence-corrected chi connectivity index (χ0v) is 72.2. The molecule has 5 saturated heterocycles. The number of nitrogens with zero attached hydrogens (tertiary/aromatic N) is 10. The van der Waals surface area contributed by atoms with Crippen LogP contribution in [0, 0.1) is 0 Å². The van der Waals surface area contributed by atoms with Gasteiger partial charge >= 0.3 is 0 Å². The molecule has 10 amide bonds. The van der Waals surface area contributed by atoms with Crippen LogP contribution < -0.4 is 47.4 Å². The van der Waals surface area contributed by atoms with Crippen LogP contribution in [0.2, 0.25) is 0 Å². The minimum Gasteiger partial charge on any atom is -0.454 e. The second kappa shape index (κ2) is 33.9. The summed E-state index contributed by atoms with van der Waals surface area (Å²) in [4.78, 5) is 153. The van der Waals surface area contributed by atoms with Crippen molar-refractivity contribution < 1.29 is 184 Å². The third-order valence-corrected chi connectivity index (χ3v) is 25.0. The van der Waals surface area contributed by atoms with Crippen molar-refractivity contribution in [1.29, 1.82) is 0 Å². The van der Waals surface area contributed by atoms with Crippen molar-refractivity contribution in [1.82, 2.24) is 73.9 Å². The molecule has 10 atom stereocenters. The summed E-state index contributed by atoms with van der Waals surface area (Å²) < 4.78 is 592. The van der Waals surface area contributed by atoms with Gasteiger partial charge in [0.05, 0.1) is 109 Å². The molecule has 730 valence electrons. The Bertz CT molecular complexity index is 11600. The zero-order chi connectivity index (χ0) is 155. The molecule has 0 bridgehead atoms. The predicted molar refractivity (Wildman–Crippen MR) is 523 cm³/mol. The standard InChI is InChI=1S/5C22H19N3O4/c5*1-24-10-19(26)25-16(22(24)27)9-14-13-4-2-3-5-15(13)23-20(14)21(25)12-6-7-17-18(8-12)29-11-28-17/h5*2-8,16,21,23H,9-11H2,1H3/t5*16-,21?/m11111/s1/i1D3,2D,3D,4D,5D,6D,7D,8D,9D2,10D2,11D2;1D3,2D,3D,4D,5D,6D,7D,8D,9D2,10D2;1D3,2D,3D,4D,5D,9D2,10D2,11D2;1D3,6D,7D,8D,9D2,10D2,11D2;1D3,6D,7D,8D,9D2,10D2. The fourth-order valence-corrected chi connectivity index (χ4v) is 18.8. The van der Waals surface area contributed by atoms with Crippen LogP contribution >= 0.6 is 0 Å². The maximum Gasteiger partial charge on any atom is 0.245 e. The van der Waals surface area contributed by atoms with Crippen LogP contribution in [0.5, 0.6) is 57.5 Å². The first-order valence-corrected chi connectivity index (χ1v) is 42.7. The van der Waals surface area contributed by atoms with Crippen molar-refractivity contribution in [2.24, 2.45) is 0 Å². The molecule has 15 aromatic rings. The molecule has 0 spiro atoms. The Morgan fingerprint density at radius 3 is 0.862 bits per heavy atom. The number of carbonyl (C=O) groups excluding carboxylic acids is 10. The SMILES string of the molecule is [2H]c1c([2H])c(C2c3[nH]c4c([2H])c([2H])c([2H])c([2H])c4c3C([2H])([2H])[C@@H]3C(=O)N(C([2H])([2H])[2H])C([2H])([2H])C(=O)N23)c([2H])c2c1OC([2H])([2H])O2.[2H]c1c([2H])c(C2c3[nH]c4c([2H])c([2H])c([2H])c([2H])c4c3C([2H])([2H])[C@@H]3C(=O)N(C([2H])([2H])[2H])C([2H])([2H])C(=O)N23)c([2H])c2c1OCO2.[2H]c1c([2H])c(C2c3[nH]c4ccccc4c3C([2H])([2H])[C@@H]3C(=O)N(C([2H])([2H])[2H])C([2H])([2H])C(=O)N23)c([2H])c2c1OC([2H])([2H])O2.[2H]c1c([2H])c(C2c3[nH]c4ccccc4c3C([2H])([2H])[C@@H]3C(=O)N(C([2H])([2H])[2H])C([2H])([2H])C(=O)N23)c([2H])c2c1OCO2.[2H]c1c([2H])c([2H])c2c3c([nH]c2c1[2H])C(c1ccc2c(c1)OC([2H])([2H])O2)N1C(=O)C([2H])([2H])N(C([2H])([2H])[2H])C(=O)[C@H]1C3([2H])[2H]. The van der Waals surface area contributed by atoms with Gasteiger partial charge < -0.3 is 121 Å². The van der Waals surface area contributed by atoms with Gasteiger partial charge in [-0.15, -0.1) is 0 Å². The average molecular weight is 2010 g/mol. The molecule has 0 aliphatic carbocycles. The molecular weight excluding hydrogens is 1850 g/mol. The summed E-state index contributed by atoms with van der Waals surface area (Å²) in [6.07, 6.45) is -14.8. The van der Waals surface area contributed by atoms with E-state index in [0.29, 0.717) is 40.9 Å².